The lowest BCUT2D eigenvalue weighted by Crippen LogP contribution is -2.33. The van der Waals surface area contributed by atoms with E-state index in [2.05, 4.69) is 11.4 Å². The molecule has 1 atom stereocenters. The predicted molar refractivity (Wildman–Crippen MR) is 164 cm³/mol. The molecule has 42 heavy (non-hydrogen) atoms. The van der Waals surface area contributed by atoms with Crippen LogP contribution in [0.2, 0.25) is 0 Å². The van der Waals surface area contributed by atoms with Gasteiger partial charge in [0.25, 0.3) is 0 Å². The maximum absolute atomic E-state index is 13.2. The van der Waals surface area contributed by atoms with Gasteiger partial charge in [0.05, 0.1) is 19.3 Å². The Morgan fingerprint density at radius 3 is 2.24 bits per heavy atom. The van der Waals surface area contributed by atoms with Crippen LogP contribution in [0, 0.1) is 6.92 Å². The second-order valence-corrected chi connectivity index (χ2v) is 9.92. The molecule has 0 fully saturated rings. The lowest BCUT2D eigenvalue weighted by molar-refractivity contribution is -0.141. The SMILES string of the molecule is COC(=O)[C@H](Cc1ccc(OCCn2nc(-c3ccccc3)cc2C)cc1)Nc1ccccc1C(=O)c1ccccc1. The van der Waals surface area contributed by atoms with Gasteiger partial charge >= 0.3 is 5.97 Å². The fourth-order valence-corrected chi connectivity index (χ4v) is 4.77. The topological polar surface area (TPSA) is 82.4 Å². The first kappa shape index (κ1) is 28.4. The predicted octanol–water partition coefficient (Wildman–Crippen LogP) is 6.36. The zero-order valence-corrected chi connectivity index (χ0v) is 23.7. The van der Waals surface area contributed by atoms with Crippen LogP contribution in [-0.2, 0) is 22.5 Å². The molecule has 7 nitrogen and oxygen atoms in total. The second kappa shape index (κ2) is 13.5. The zero-order chi connectivity index (χ0) is 29.3. The number of ketones is 1. The third-order valence-electron chi connectivity index (χ3n) is 7.01. The van der Waals surface area contributed by atoms with Crippen LogP contribution in [0.4, 0.5) is 5.69 Å². The van der Waals surface area contributed by atoms with E-state index < -0.39 is 12.0 Å². The number of ether oxygens (including phenoxy) is 2. The van der Waals surface area contributed by atoms with Gasteiger partial charge in [-0.15, -0.1) is 0 Å². The molecule has 1 N–H and O–H groups in total. The maximum Gasteiger partial charge on any atom is 0.328 e. The van der Waals surface area contributed by atoms with E-state index in [4.69, 9.17) is 14.6 Å². The van der Waals surface area contributed by atoms with Gasteiger partial charge < -0.3 is 14.8 Å². The van der Waals surface area contributed by atoms with E-state index in [0.717, 1.165) is 28.3 Å². The van der Waals surface area contributed by atoms with E-state index in [1.807, 2.05) is 96.5 Å². The van der Waals surface area contributed by atoms with Gasteiger partial charge in [0.2, 0.25) is 0 Å². The number of carbonyl (C=O) groups excluding carboxylic acids is 2. The molecule has 212 valence electrons. The second-order valence-electron chi connectivity index (χ2n) is 9.92. The smallest absolute Gasteiger partial charge is 0.328 e. The molecule has 1 heterocycles. The number of rotatable bonds is 12. The number of esters is 1. The molecule has 0 spiro atoms. The van der Waals surface area contributed by atoms with Gasteiger partial charge in [-0.1, -0.05) is 84.9 Å². The molecule has 0 saturated carbocycles. The van der Waals surface area contributed by atoms with Gasteiger partial charge in [-0.3, -0.25) is 9.48 Å². The Labute approximate surface area is 245 Å². The monoisotopic (exact) mass is 559 g/mol. The summed E-state index contributed by atoms with van der Waals surface area (Å²) < 4.78 is 13.0. The van der Waals surface area contributed by atoms with Crippen LogP contribution in [0.25, 0.3) is 11.3 Å². The molecule has 0 aliphatic heterocycles. The lowest BCUT2D eigenvalue weighted by Gasteiger charge is -2.20. The number of aromatic nitrogens is 2. The molecule has 0 bridgehead atoms. The highest BCUT2D eigenvalue weighted by molar-refractivity contribution is 6.12. The number of benzene rings is 4. The molecular formula is C35H33N3O4. The van der Waals surface area contributed by atoms with Crippen molar-refractivity contribution in [1.29, 1.82) is 0 Å². The summed E-state index contributed by atoms with van der Waals surface area (Å²) in [5, 5.41) is 7.96. The Morgan fingerprint density at radius 2 is 1.52 bits per heavy atom. The number of anilines is 1. The van der Waals surface area contributed by atoms with Gasteiger partial charge in [0.1, 0.15) is 18.4 Å². The molecule has 0 amide bonds. The van der Waals surface area contributed by atoms with Crippen molar-refractivity contribution in [3.05, 3.63) is 138 Å². The van der Waals surface area contributed by atoms with Crippen LogP contribution in [0.15, 0.2) is 115 Å². The summed E-state index contributed by atoms with van der Waals surface area (Å²) in [6.07, 6.45) is 0.371. The molecule has 0 aliphatic carbocycles. The highest BCUT2D eigenvalue weighted by Crippen LogP contribution is 2.23. The molecule has 0 saturated heterocycles. The van der Waals surface area contributed by atoms with E-state index in [0.29, 0.717) is 36.4 Å². The minimum Gasteiger partial charge on any atom is -0.492 e. The third-order valence-corrected chi connectivity index (χ3v) is 7.01. The zero-order valence-electron chi connectivity index (χ0n) is 23.7. The van der Waals surface area contributed by atoms with Crippen LogP contribution in [-0.4, -0.2) is 41.3 Å². The van der Waals surface area contributed by atoms with Crippen molar-refractivity contribution in [2.45, 2.75) is 25.9 Å². The molecule has 5 rings (SSSR count). The van der Waals surface area contributed by atoms with Gasteiger partial charge in [-0.25, -0.2) is 4.79 Å². The Kier molecular flexibility index (Phi) is 9.09. The van der Waals surface area contributed by atoms with Crippen molar-refractivity contribution >= 4 is 17.4 Å². The lowest BCUT2D eigenvalue weighted by atomic mass is 10.00. The summed E-state index contributed by atoms with van der Waals surface area (Å²) in [7, 11) is 1.36. The Hall–Kier alpha value is -5.17. The summed E-state index contributed by atoms with van der Waals surface area (Å²) in [6, 6.07) is 35.4. The average molecular weight is 560 g/mol. The molecule has 0 unspecified atom stereocenters. The van der Waals surface area contributed by atoms with E-state index in [1.54, 1.807) is 24.3 Å². The molecule has 7 heteroatoms. The summed E-state index contributed by atoms with van der Waals surface area (Å²) in [4.78, 5) is 25.9. The molecular weight excluding hydrogens is 526 g/mol. The van der Waals surface area contributed by atoms with E-state index in [9.17, 15) is 9.59 Å². The maximum atomic E-state index is 13.2. The largest absolute Gasteiger partial charge is 0.492 e. The van der Waals surface area contributed by atoms with E-state index in [1.165, 1.54) is 7.11 Å². The molecule has 1 aromatic heterocycles. The summed E-state index contributed by atoms with van der Waals surface area (Å²) >= 11 is 0. The number of methoxy groups -OCH3 is 1. The molecule has 5 aromatic rings. The number of nitrogens with zero attached hydrogens (tertiary/aromatic N) is 2. The summed E-state index contributed by atoms with van der Waals surface area (Å²) in [5.41, 5.74) is 5.67. The van der Waals surface area contributed by atoms with Crippen LogP contribution >= 0.6 is 0 Å². The number of aryl methyl sites for hydroxylation is 1. The van der Waals surface area contributed by atoms with Gasteiger partial charge in [-0.05, 0) is 42.8 Å². The van der Waals surface area contributed by atoms with Crippen molar-refractivity contribution in [3.63, 3.8) is 0 Å². The Morgan fingerprint density at radius 1 is 0.857 bits per heavy atom. The number of hydrogen-bond donors (Lipinski definition) is 1. The minimum atomic E-state index is -0.687. The Balaban J connectivity index is 1.21. The van der Waals surface area contributed by atoms with E-state index >= 15 is 0 Å². The van der Waals surface area contributed by atoms with Crippen LogP contribution < -0.4 is 10.1 Å². The van der Waals surface area contributed by atoms with Crippen molar-refractivity contribution in [3.8, 4) is 17.0 Å². The van der Waals surface area contributed by atoms with Crippen molar-refractivity contribution in [2.24, 2.45) is 0 Å². The number of nitrogens with one attached hydrogen (secondary N) is 1. The van der Waals surface area contributed by atoms with Gasteiger partial charge in [-0.2, -0.15) is 5.10 Å². The van der Waals surface area contributed by atoms with Crippen LogP contribution in [0.1, 0.15) is 27.2 Å². The first-order valence-corrected chi connectivity index (χ1v) is 13.9. The third kappa shape index (κ3) is 6.93. The fourth-order valence-electron chi connectivity index (χ4n) is 4.77. The van der Waals surface area contributed by atoms with Crippen molar-refractivity contribution < 1.29 is 19.1 Å². The minimum absolute atomic E-state index is 0.120. The van der Waals surface area contributed by atoms with Gasteiger partial charge in [0.15, 0.2) is 5.78 Å². The highest BCUT2D eigenvalue weighted by atomic mass is 16.5. The normalized spacial score (nSPS) is 11.5. The molecule has 4 aromatic carbocycles. The number of para-hydroxylation sites is 1. The number of hydrogen-bond acceptors (Lipinski definition) is 6. The standard InChI is InChI=1S/C35H33N3O4/c1-25-23-32(27-11-5-3-6-12-27)37-38(25)21-22-42-29-19-17-26(18-20-29)24-33(35(40)41-2)36-31-16-10-9-15-30(31)34(39)28-13-7-4-8-14-28/h3-20,23,33,36H,21-22,24H2,1-2H3/t33-/m0/s1. The average Bonchev–Trinajstić information content (AvgIpc) is 3.42. The van der Waals surface area contributed by atoms with Crippen molar-refractivity contribution in [1.82, 2.24) is 9.78 Å². The quantitative estimate of drug-likeness (QED) is 0.141. The first-order chi connectivity index (χ1) is 20.5. The fraction of sp³-hybridized carbons (Fsp3) is 0.171. The van der Waals surface area contributed by atoms with Gasteiger partial charge in [0, 0.05) is 34.5 Å². The first-order valence-electron chi connectivity index (χ1n) is 13.9. The Bertz CT molecular complexity index is 1630. The van der Waals surface area contributed by atoms with Crippen LogP contribution in [0.5, 0.6) is 5.75 Å². The number of carbonyl (C=O) groups is 2. The van der Waals surface area contributed by atoms with Crippen LogP contribution in [0.3, 0.4) is 0 Å². The molecule has 0 radical (unpaired) electrons. The summed E-state index contributed by atoms with van der Waals surface area (Å²) in [5.74, 6) is 0.195. The molecule has 0 aliphatic rings. The van der Waals surface area contributed by atoms with Crippen molar-refractivity contribution in [2.75, 3.05) is 19.0 Å². The highest BCUT2D eigenvalue weighted by Gasteiger charge is 2.22. The summed E-state index contributed by atoms with van der Waals surface area (Å²) in [6.45, 7) is 3.13. The van der Waals surface area contributed by atoms with E-state index in [-0.39, 0.29) is 5.78 Å².